The van der Waals surface area contributed by atoms with Crippen molar-refractivity contribution in [2.75, 3.05) is 0 Å². The van der Waals surface area contributed by atoms with Gasteiger partial charge in [0.05, 0.1) is 0 Å². The van der Waals surface area contributed by atoms with Gasteiger partial charge < -0.3 is 0 Å². The molecule has 0 saturated heterocycles. The van der Waals surface area contributed by atoms with Crippen LogP contribution in [0.25, 0.3) is 0 Å². The van der Waals surface area contributed by atoms with Gasteiger partial charge in [-0.2, -0.15) is 5.10 Å². The first-order chi connectivity index (χ1) is 5.46. The highest BCUT2D eigenvalue weighted by Gasteiger charge is 2.20. The number of nitrogens with zero attached hydrogens (tertiary/aromatic N) is 1. The van der Waals surface area contributed by atoms with E-state index in [0.717, 1.165) is 17.5 Å². The Bertz CT molecular complexity index is 294. The Hall–Kier alpha value is -1.12. The van der Waals surface area contributed by atoms with Gasteiger partial charge in [-0.05, 0) is 6.92 Å². The number of hydrogen-bond acceptors (Lipinski definition) is 2. The minimum atomic E-state index is 0.0261. The number of carbonyl (C=O) groups excluding carboxylic acids is 1. The molecular weight excluding hydrogens is 152 g/mol. The molecule has 0 fully saturated rings. The van der Waals surface area contributed by atoms with E-state index in [1.807, 2.05) is 6.92 Å². The van der Waals surface area contributed by atoms with Crippen LogP contribution in [0, 0.1) is 6.92 Å². The van der Waals surface area contributed by atoms with Crippen LogP contribution in [0.15, 0.2) is 0 Å². The third-order valence-electron chi connectivity index (χ3n) is 1.91. The molecule has 0 bridgehead atoms. The van der Waals surface area contributed by atoms with Gasteiger partial charge in [-0.25, -0.2) is 0 Å². The van der Waals surface area contributed by atoms with Crippen molar-refractivity contribution in [3.05, 3.63) is 17.0 Å². The molecule has 1 aromatic rings. The van der Waals surface area contributed by atoms with E-state index < -0.39 is 0 Å². The van der Waals surface area contributed by atoms with Gasteiger partial charge in [0.1, 0.15) is 5.69 Å². The van der Waals surface area contributed by atoms with E-state index in [1.165, 1.54) is 0 Å². The van der Waals surface area contributed by atoms with E-state index in [9.17, 15) is 4.79 Å². The number of rotatable bonds is 1. The van der Waals surface area contributed by atoms with Crippen LogP contribution in [0.4, 0.5) is 0 Å². The van der Waals surface area contributed by atoms with Crippen molar-refractivity contribution in [1.82, 2.24) is 10.2 Å². The Kier molecular flexibility index (Phi) is 2.04. The Labute approximate surface area is 72.2 Å². The van der Waals surface area contributed by atoms with Crippen molar-refractivity contribution in [2.45, 2.75) is 33.1 Å². The molecule has 0 aromatic carbocycles. The SMILES string of the molecule is Cc1c(C=O)n[nH]c1C(C)(C)C. The quantitative estimate of drug-likeness (QED) is 0.647. The fourth-order valence-corrected chi connectivity index (χ4v) is 1.26. The fourth-order valence-electron chi connectivity index (χ4n) is 1.26. The molecule has 1 N–H and O–H groups in total. The number of H-pyrrole nitrogens is 1. The molecule has 0 spiro atoms. The largest absolute Gasteiger partial charge is 0.296 e. The first kappa shape index (κ1) is 8.97. The predicted molar refractivity (Wildman–Crippen MR) is 47.4 cm³/mol. The Morgan fingerprint density at radius 2 is 2.00 bits per heavy atom. The second-order valence-electron chi connectivity index (χ2n) is 3.98. The van der Waals surface area contributed by atoms with Gasteiger partial charge in [0.15, 0.2) is 6.29 Å². The molecule has 0 amide bonds. The van der Waals surface area contributed by atoms with E-state index >= 15 is 0 Å². The van der Waals surface area contributed by atoms with Crippen LogP contribution in [0.2, 0.25) is 0 Å². The molecule has 66 valence electrons. The molecule has 3 nitrogen and oxygen atoms in total. The van der Waals surface area contributed by atoms with Crippen molar-refractivity contribution >= 4 is 6.29 Å². The van der Waals surface area contributed by atoms with E-state index in [0.29, 0.717) is 5.69 Å². The van der Waals surface area contributed by atoms with Crippen molar-refractivity contribution in [3.8, 4) is 0 Å². The van der Waals surface area contributed by atoms with Crippen LogP contribution in [0.5, 0.6) is 0 Å². The third-order valence-corrected chi connectivity index (χ3v) is 1.91. The monoisotopic (exact) mass is 166 g/mol. The molecule has 0 unspecified atom stereocenters. The molecule has 1 aromatic heterocycles. The lowest BCUT2D eigenvalue weighted by atomic mass is 9.89. The van der Waals surface area contributed by atoms with Crippen LogP contribution >= 0.6 is 0 Å². The first-order valence-corrected chi connectivity index (χ1v) is 3.97. The summed E-state index contributed by atoms with van der Waals surface area (Å²) >= 11 is 0. The van der Waals surface area contributed by atoms with Gasteiger partial charge >= 0.3 is 0 Å². The van der Waals surface area contributed by atoms with Crippen LogP contribution in [-0.4, -0.2) is 16.5 Å². The molecule has 1 rings (SSSR count). The molecule has 0 aliphatic heterocycles. The van der Waals surface area contributed by atoms with Crippen LogP contribution in [-0.2, 0) is 5.41 Å². The average Bonchev–Trinajstić information content (AvgIpc) is 2.29. The molecule has 3 heteroatoms. The first-order valence-electron chi connectivity index (χ1n) is 3.97. The molecule has 0 radical (unpaired) electrons. The zero-order valence-electron chi connectivity index (χ0n) is 7.93. The minimum absolute atomic E-state index is 0.0261. The molecule has 1 heterocycles. The number of aldehydes is 1. The van der Waals surface area contributed by atoms with Gasteiger partial charge in [-0.1, -0.05) is 20.8 Å². The Balaban J connectivity index is 3.19. The fraction of sp³-hybridized carbons (Fsp3) is 0.556. The number of carbonyl (C=O) groups is 1. The summed E-state index contributed by atoms with van der Waals surface area (Å²) in [5.41, 5.74) is 2.53. The van der Waals surface area contributed by atoms with Crippen LogP contribution < -0.4 is 0 Å². The summed E-state index contributed by atoms with van der Waals surface area (Å²) in [5, 5.41) is 6.79. The van der Waals surface area contributed by atoms with Gasteiger partial charge in [0.25, 0.3) is 0 Å². The summed E-state index contributed by atoms with van der Waals surface area (Å²) in [6.07, 6.45) is 0.779. The highest BCUT2D eigenvalue weighted by molar-refractivity contribution is 5.74. The van der Waals surface area contributed by atoms with E-state index in [-0.39, 0.29) is 5.41 Å². The zero-order chi connectivity index (χ0) is 9.35. The van der Waals surface area contributed by atoms with Gasteiger partial charge in [-0.3, -0.25) is 9.89 Å². The number of nitrogens with one attached hydrogen (secondary N) is 1. The standard InChI is InChI=1S/C9H14N2O/c1-6-7(5-12)10-11-8(6)9(2,3)4/h5H,1-4H3,(H,10,11). The van der Waals surface area contributed by atoms with Gasteiger partial charge in [0.2, 0.25) is 0 Å². The summed E-state index contributed by atoms with van der Waals surface area (Å²) in [6.45, 7) is 8.17. The topological polar surface area (TPSA) is 45.8 Å². The summed E-state index contributed by atoms with van der Waals surface area (Å²) in [4.78, 5) is 10.5. The highest BCUT2D eigenvalue weighted by atomic mass is 16.1. The second kappa shape index (κ2) is 2.73. The number of hydrogen-bond donors (Lipinski definition) is 1. The van der Waals surface area contributed by atoms with Crippen molar-refractivity contribution in [1.29, 1.82) is 0 Å². The maximum absolute atomic E-state index is 10.5. The summed E-state index contributed by atoms with van der Waals surface area (Å²) in [7, 11) is 0. The minimum Gasteiger partial charge on any atom is -0.296 e. The van der Waals surface area contributed by atoms with Crippen molar-refractivity contribution in [2.24, 2.45) is 0 Å². The number of aromatic amines is 1. The molecule has 0 aliphatic rings. The van der Waals surface area contributed by atoms with Crippen LogP contribution in [0.3, 0.4) is 0 Å². The second-order valence-corrected chi connectivity index (χ2v) is 3.98. The average molecular weight is 166 g/mol. The summed E-state index contributed by atoms with van der Waals surface area (Å²) in [5.74, 6) is 0. The Morgan fingerprint density at radius 3 is 2.25 bits per heavy atom. The maximum Gasteiger partial charge on any atom is 0.170 e. The highest BCUT2D eigenvalue weighted by Crippen LogP contribution is 2.24. The Morgan fingerprint density at radius 1 is 1.42 bits per heavy atom. The number of aromatic nitrogens is 2. The van der Waals surface area contributed by atoms with Gasteiger partial charge in [-0.15, -0.1) is 0 Å². The summed E-state index contributed by atoms with van der Waals surface area (Å²) in [6, 6.07) is 0. The third kappa shape index (κ3) is 1.40. The molecule has 0 saturated carbocycles. The normalized spacial score (nSPS) is 11.7. The molecule has 12 heavy (non-hydrogen) atoms. The van der Waals surface area contributed by atoms with E-state index in [4.69, 9.17) is 0 Å². The van der Waals surface area contributed by atoms with Crippen molar-refractivity contribution < 1.29 is 4.79 Å². The predicted octanol–water partition coefficient (Wildman–Crippen LogP) is 1.83. The van der Waals surface area contributed by atoms with Gasteiger partial charge in [0, 0.05) is 16.7 Å². The smallest absolute Gasteiger partial charge is 0.170 e. The van der Waals surface area contributed by atoms with E-state index in [2.05, 4.69) is 31.0 Å². The maximum atomic E-state index is 10.5. The lowest BCUT2D eigenvalue weighted by Crippen LogP contribution is -2.13. The van der Waals surface area contributed by atoms with Crippen molar-refractivity contribution in [3.63, 3.8) is 0 Å². The molecule has 0 atom stereocenters. The summed E-state index contributed by atoms with van der Waals surface area (Å²) < 4.78 is 0. The lowest BCUT2D eigenvalue weighted by molar-refractivity contribution is 0.111. The molecular formula is C9H14N2O. The molecule has 0 aliphatic carbocycles. The van der Waals surface area contributed by atoms with E-state index in [1.54, 1.807) is 0 Å². The lowest BCUT2D eigenvalue weighted by Gasteiger charge is -2.16. The zero-order valence-corrected chi connectivity index (χ0v) is 7.93. The van der Waals surface area contributed by atoms with Crippen LogP contribution in [0.1, 0.15) is 42.5 Å².